The maximum atomic E-state index is 11.2. The Hall–Kier alpha value is -2.40. The highest BCUT2D eigenvalue weighted by molar-refractivity contribution is 7.16. The highest BCUT2D eigenvalue weighted by Crippen LogP contribution is 2.27. The minimum atomic E-state index is -0.331. The molecule has 0 aliphatic carbocycles. The lowest BCUT2D eigenvalue weighted by Gasteiger charge is -2.05. The second-order valence-electron chi connectivity index (χ2n) is 4.25. The summed E-state index contributed by atoms with van der Waals surface area (Å²) in [5.41, 5.74) is 1.15. The van der Waals surface area contributed by atoms with E-state index in [1.165, 1.54) is 6.92 Å². The molecule has 20 heavy (non-hydrogen) atoms. The van der Waals surface area contributed by atoms with Gasteiger partial charge in [0.05, 0.1) is 4.70 Å². The van der Waals surface area contributed by atoms with Crippen molar-refractivity contribution >= 4 is 27.4 Å². The molecule has 1 aromatic heterocycles. The molecule has 0 radical (unpaired) electrons. The largest absolute Gasteiger partial charge is 0.457 e. The molecule has 2 aromatic carbocycles. The lowest BCUT2D eigenvalue weighted by Crippen LogP contribution is -1.91. The first-order valence-electron chi connectivity index (χ1n) is 5.94. The molecular weight excluding hydrogens is 276 g/mol. The molecule has 4 nitrogen and oxygen atoms in total. The summed E-state index contributed by atoms with van der Waals surface area (Å²) >= 11 is 1.06. The van der Waals surface area contributed by atoms with Gasteiger partial charge in [-0.25, -0.2) is 4.79 Å². The molecule has 0 bridgehead atoms. The molecular formula is C15H10O4S. The van der Waals surface area contributed by atoms with Crippen molar-refractivity contribution in [3.8, 4) is 11.5 Å². The van der Waals surface area contributed by atoms with Gasteiger partial charge in [-0.2, -0.15) is 0 Å². The summed E-state index contributed by atoms with van der Waals surface area (Å²) in [6, 6.07) is 12.1. The summed E-state index contributed by atoms with van der Waals surface area (Å²) < 4.78 is 11.5. The molecule has 0 fully saturated rings. The fourth-order valence-corrected chi connectivity index (χ4v) is 2.46. The zero-order chi connectivity index (χ0) is 14.1. The monoisotopic (exact) mass is 286 g/mol. The molecule has 0 atom stereocenters. The highest BCUT2D eigenvalue weighted by atomic mass is 32.1. The van der Waals surface area contributed by atoms with Crippen LogP contribution in [0.3, 0.4) is 0 Å². The van der Waals surface area contributed by atoms with E-state index in [0.29, 0.717) is 22.6 Å². The van der Waals surface area contributed by atoms with E-state index in [0.717, 1.165) is 16.0 Å². The Morgan fingerprint density at radius 2 is 1.80 bits per heavy atom. The number of hydrogen-bond donors (Lipinski definition) is 0. The Bertz CT molecular complexity index is 827. The van der Waals surface area contributed by atoms with Crippen LogP contribution in [0.15, 0.2) is 51.7 Å². The number of rotatable bonds is 3. The summed E-state index contributed by atoms with van der Waals surface area (Å²) in [5.74, 6) is 1.21. The smallest absolute Gasteiger partial charge is 0.396 e. The zero-order valence-electron chi connectivity index (χ0n) is 10.6. The van der Waals surface area contributed by atoms with Crippen LogP contribution < -0.4 is 9.68 Å². The van der Waals surface area contributed by atoms with Crippen LogP contribution in [0.2, 0.25) is 0 Å². The van der Waals surface area contributed by atoms with Crippen molar-refractivity contribution in [3.05, 3.63) is 57.8 Å². The van der Waals surface area contributed by atoms with E-state index in [1.807, 2.05) is 0 Å². The Kier molecular flexibility index (Phi) is 3.12. The number of fused-ring (bicyclic) bond motifs is 1. The summed E-state index contributed by atoms with van der Waals surface area (Å²) in [6.45, 7) is 1.52. The van der Waals surface area contributed by atoms with Gasteiger partial charge in [0.15, 0.2) is 11.4 Å². The topological polar surface area (TPSA) is 56.5 Å². The van der Waals surface area contributed by atoms with E-state index in [-0.39, 0.29) is 10.7 Å². The lowest BCUT2D eigenvalue weighted by atomic mass is 10.1. The van der Waals surface area contributed by atoms with Crippen molar-refractivity contribution in [1.82, 2.24) is 0 Å². The molecule has 3 rings (SSSR count). The van der Waals surface area contributed by atoms with Crippen molar-refractivity contribution in [3.63, 3.8) is 0 Å². The fourth-order valence-electron chi connectivity index (χ4n) is 1.81. The maximum absolute atomic E-state index is 11.2. The number of carbonyl (C=O) groups is 1. The number of hydrogen-bond acceptors (Lipinski definition) is 5. The number of carbonyl (C=O) groups excluding carboxylic acids is 1. The summed E-state index contributed by atoms with van der Waals surface area (Å²) in [5, 5.41) is 0. The van der Waals surface area contributed by atoms with Gasteiger partial charge in [0.2, 0.25) is 0 Å². The number of Topliss-reactive ketones (excluding diaryl/α,β-unsaturated/α-hetero) is 1. The van der Waals surface area contributed by atoms with Gasteiger partial charge in [0.25, 0.3) is 0 Å². The van der Waals surface area contributed by atoms with Crippen LogP contribution in [0.5, 0.6) is 11.5 Å². The number of ether oxygens (including phenoxy) is 1. The van der Waals surface area contributed by atoms with Gasteiger partial charge < -0.3 is 9.15 Å². The molecule has 1 heterocycles. The van der Waals surface area contributed by atoms with Crippen LogP contribution in [0.1, 0.15) is 17.3 Å². The van der Waals surface area contributed by atoms with Crippen LogP contribution in [0.25, 0.3) is 10.3 Å². The third-order valence-corrected chi connectivity index (χ3v) is 3.61. The van der Waals surface area contributed by atoms with Gasteiger partial charge in [-0.15, -0.1) is 0 Å². The van der Waals surface area contributed by atoms with E-state index >= 15 is 0 Å². The minimum Gasteiger partial charge on any atom is -0.457 e. The predicted octanol–water partition coefficient (Wildman–Crippen LogP) is 3.85. The van der Waals surface area contributed by atoms with E-state index < -0.39 is 0 Å². The van der Waals surface area contributed by atoms with Gasteiger partial charge in [0.1, 0.15) is 11.5 Å². The number of ketones is 1. The van der Waals surface area contributed by atoms with Gasteiger partial charge in [0, 0.05) is 11.6 Å². The zero-order valence-corrected chi connectivity index (χ0v) is 11.4. The lowest BCUT2D eigenvalue weighted by molar-refractivity contribution is 0.101. The predicted molar refractivity (Wildman–Crippen MR) is 76.9 cm³/mol. The van der Waals surface area contributed by atoms with Crippen molar-refractivity contribution < 1.29 is 13.9 Å². The second-order valence-corrected chi connectivity index (χ2v) is 5.22. The van der Waals surface area contributed by atoms with E-state index in [2.05, 4.69) is 0 Å². The van der Waals surface area contributed by atoms with E-state index in [4.69, 9.17) is 9.15 Å². The van der Waals surface area contributed by atoms with Crippen molar-refractivity contribution in [1.29, 1.82) is 0 Å². The Morgan fingerprint density at radius 1 is 1.10 bits per heavy atom. The summed E-state index contributed by atoms with van der Waals surface area (Å²) in [4.78, 5) is 22.0. The molecule has 0 aliphatic heterocycles. The summed E-state index contributed by atoms with van der Waals surface area (Å²) in [6.07, 6.45) is 0. The van der Waals surface area contributed by atoms with E-state index in [9.17, 15) is 9.59 Å². The highest BCUT2D eigenvalue weighted by Gasteiger charge is 2.05. The standard InChI is InChI=1S/C15H10O4S/c1-9(16)10-2-4-11(5-3-10)18-12-6-7-14-13(8-12)19-15(17)20-14/h2-8H,1H3. The second kappa shape index (κ2) is 4.94. The summed E-state index contributed by atoms with van der Waals surface area (Å²) in [7, 11) is 0. The van der Waals surface area contributed by atoms with Crippen LogP contribution in [0, 0.1) is 0 Å². The molecule has 0 N–H and O–H groups in total. The molecule has 3 aromatic rings. The third-order valence-electron chi connectivity index (χ3n) is 2.80. The average molecular weight is 286 g/mol. The van der Waals surface area contributed by atoms with Crippen LogP contribution >= 0.6 is 11.3 Å². The Labute approximate surface area is 118 Å². The molecule has 0 saturated heterocycles. The van der Waals surface area contributed by atoms with Gasteiger partial charge in [-0.05, 0) is 43.3 Å². The molecule has 5 heteroatoms. The molecule has 0 unspecified atom stereocenters. The normalized spacial score (nSPS) is 10.7. The molecule has 100 valence electrons. The fraction of sp³-hybridized carbons (Fsp3) is 0.0667. The van der Waals surface area contributed by atoms with Gasteiger partial charge in [-0.1, -0.05) is 11.3 Å². The van der Waals surface area contributed by atoms with Gasteiger partial charge in [-0.3, -0.25) is 4.79 Å². The van der Waals surface area contributed by atoms with Crippen molar-refractivity contribution in [2.45, 2.75) is 6.92 Å². The average Bonchev–Trinajstić information content (AvgIpc) is 2.78. The Morgan fingerprint density at radius 3 is 2.50 bits per heavy atom. The number of benzene rings is 2. The first kappa shape index (κ1) is 12.6. The van der Waals surface area contributed by atoms with Crippen LogP contribution in [0.4, 0.5) is 0 Å². The molecule has 0 saturated carbocycles. The quantitative estimate of drug-likeness (QED) is 0.686. The maximum Gasteiger partial charge on any atom is 0.396 e. The van der Waals surface area contributed by atoms with E-state index in [1.54, 1.807) is 42.5 Å². The molecule has 0 spiro atoms. The first-order valence-corrected chi connectivity index (χ1v) is 6.76. The third kappa shape index (κ3) is 2.48. The van der Waals surface area contributed by atoms with Gasteiger partial charge >= 0.3 is 4.94 Å². The first-order chi connectivity index (χ1) is 9.61. The molecule has 0 amide bonds. The van der Waals surface area contributed by atoms with Crippen molar-refractivity contribution in [2.24, 2.45) is 0 Å². The van der Waals surface area contributed by atoms with Crippen LogP contribution in [-0.2, 0) is 0 Å². The van der Waals surface area contributed by atoms with Crippen LogP contribution in [-0.4, -0.2) is 5.78 Å². The minimum absolute atomic E-state index is 0.0121. The SMILES string of the molecule is CC(=O)c1ccc(Oc2ccc3sc(=O)oc3c2)cc1. The Balaban J connectivity index is 1.88. The molecule has 0 aliphatic rings. The van der Waals surface area contributed by atoms with Crippen molar-refractivity contribution in [2.75, 3.05) is 0 Å².